The minimum absolute atomic E-state index is 0.00677. The molecule has 25 heteroatoms. The molecule has 0 spiro atoms. The third kappa shape index (κ3) is 26.1. The number of nitrogens with one attached hydrogen (secondary N) is 7. The monoisotopic (exact) mass is 1040 g/mol. The summed E-state index contributed by atoms with van der Waals surface area (Å²) in [4.78, 5) is 118. The molecule has 0 saturated carbocycles. The van der Waals surface area contributed by atoms with E-state index in [1.54, 1.807) is 34.6 Å². The first-order valence-corrected chi connectivity index (χ1v) is 26.1. The van der Waals surface area contributed by atoms with E-state index in [0.717, 1.165) is 0 Å². The molecule has 73 heavy (non-hydrogen) atoms. The second-order valence-electron chi connectivity index (χ2n) is 19.1. The molecule has 0 aliphatic rings. The Hall–Kier alpha value is -5.82. The van der Waals surface area contributed by atoms with Gasteiger partial charge in [0, 0.05) is 13.1 Å². The summed E-state index contributed by atoms with van der Waals surface area (Å²) in [5.74, 6) is -8.02. The van der Waals surface area contributed by atoms with E-state index >= 15 is 0 Å². The Morgan fingerprint density at radius 3 is 0.986 bits per heavy atom. The predicted octanol–water partition coefficient (Wildman–Crippen LogP) is -1.66. The Kier molecular flexibility index (Phi) is 34.0. The van der Waals surface area contributed by atoms with Crippen molar-refractivity contribution in [3.63, 3.8) is 0 Å². The molecule has 0 saturated heterocycles. The fourth-order valence-corrected chi connectivity index (χ4v) is 7.49. The van der Waals surface area contributed by atoms with Crippen LogP contribution in [0.4, 0.5) is 0 Å². The number of nitrogens with zero attached hydrogens (tertiary/aromatic N) is 2. The molecule has 0 aromatic rings. The highest BCUT2D eigenvalue weighted by Gasteiger charge is 2.37. The summed E-state index contributed by atoms with van der Waals surface area (Å²) in [6, 6.07) is -9.37. The normalized spacial score (nSPS) is 16.1. The molecule has 0 aliphatic carbocycles. The summed E-state index contributed by atoms with van der Waals surface area (Å²) in [5, 5.41) is 29.0. The van der Waals surface area contributed by atoms with E-state index in [1.807, 2.05) is 20.8 Å². The van der Waals surface area contributed by atoms with Gasteiger partial charge in [-0.15, -0.1) is 0 Å². The number of carbonyl (C=O) groups is 8. The number of carboxylic acids is 1. The number of aliphatic carboxylic acids is 1. The van der Waals surface area contributed by atoms with Gasteiger partial charge in [0.2, 0.25) is 41.4 Å². The van der Waals surface area contributed by atoms with Crippen LogP contribution in [0, 0.1) is 23.7 Å². The summed E-state index contributed by atoms with van der Waals surface area (Å²) in [6.07, 6.45) is 4.60. The molecule has 0 radical (unpaired) electrons. The summed E-state index contributed by atoms with van der Waals surface area (Å²) in [5.41, 5.74) is 39.6. The van der Waals surface area contributed by atoms with Gasteiger partial charge in [-0.05, 0) is 101 Å². The Morgan fingerprint density at radius 2 is 0.699 bits per heavy atom. The van der Waals surface area contributed by atoms with Crippen molar-refractivity contribution < 1.29 is 43.5 Å². The van der Waals surface area contributed by atoms with E-state index in [9.17, 15) is 43.5 Å². The van der Waals surface area contributed by atoms with Crippen molar-refractivity contribution in [3.8, 4) is 0 Å². The first kappa shape index (κ1) is 67.2. The maximum atomic E-state index is 14.4. The third-order valence-electron chi connectivity index (χ3n) is 13.2. The maximum absolute atomic E-state index is 14.4. The molecule has 420 valence electrons. The highest BCUT2D eigenvalue weighted by Crippen LogP contribution is 2.16. The maximum Gasteiger partial charge on any atom is 0.326 e. The van der Waals surface area contributed by atoms with Crippen molar-refractivity contribution in [1.82, 2.24) is 37.2 Å². The number of carboxylic acid groups (broad SMARTS) is 1. The standard InChI is InChI=1S/C48H94N16O9/c1-9-27(5)35(51)42(68)58-32(21-17-25-56-47(52)53)40(66)63-36(28(6)10-2)43(69)59-31(19-13-15-23-49)39(65)62-37(29(7)11-3)44(70)60-33(22-18-26-57-48(54)55)41(67)64-38(30(8)12-4)45(71)61-34(46(72)73)20-14-16-24-50/h27-38H,9-26,49-51H2,1-8H3,(H,58,68)(H,59,69)(H,60,70)(H,61,71)(H,62,65)(H,63,66)(H,64,67)(H,72,73)(H4,52,53,56)(H4,54,55,57)/t27-,28-,29-,30-,31-,32-,33-,34-,35-,36-,37-,38-/m0/s1. The van der Waals surface area contributed by atoms with E-state index in [-0.39, 0.29) is 63.0 Å². The molecule has 12 atom stereocenters. The number of aliphatic imine (C=N–C) groups is 2. The smallest absolute Gasteiger partial charge is 0.326 e. The second-order valence-corrected chi connectivity index (χ2v) is 19.1. The van der Waals surface area contributed by atoms with E-state index in [1.165, 1.54) is 0 Å². The highest BCUT2D eigenvalue weighted by molar-refractivity contribution is 5.98. The fourth-order valence-electron chi connectivity index (χ4n) is 7.49. The fraction of sp³-hybridized carbons (Fsp3) is 0.792. The number of guanidine groups is 2. The van der Waals surface area contributed by atoms with Crippen molar-refractivity contribution in [2.75, 3.05) is 26.2 Å². The van der Waals surface area contributed by atoms with Crippen molar-refractivity contribution >= 4 is 59.2 Å². The zero-order valence-corrected chi connectivity index (χ0v) is 44.8. The number of rotatable bonds is 39. The van der Waals surface area contributed by atoms with Gasteiger partial charge in [-0.3, -0.25) is 43.5 Å². The molecule has 0 bridgehead atoms. The van der Waals surface area contributed by atoms with E-state index < -0.39 is 113 Å². The SMILES string of the molecule is CC[C@H](C)[C@H](N)C(=O)N[C@@H](CCCN=C(N)N)C(=O)N[C@H](C(=O)N[C@@H](CCCCN)C(=O)N[C@H](C(=O)N[C@@H](CCCN=C(N)N)C(=O)N[C@H](C(=O)N[C@@H](CCCCN)C(=O)O)[C@@H](C)CC)[C@@H](C)CC)[C@@H](C)CC. The van der Waals surface area contributed by atoms with Gasteiger partial charge in [0.1, 0.15) is 42.3 Å². The van der Waals surface area contributed by atoms with Gasteiger partial charge in [-0.25, -0.2) is 4.79 Å². The average molecular weight is 1040 g/mol. The van der Waals surface area contributed by atoms with Gasteiger partial charge in [0.05, 0.1) is 6.04 Å². The van der Waals surface area contributed by atoms with Crippen LogP contribution in [0.25, 0.3) is 0 Å². The van der Waals surface area contributed by atoms with E-state index in [4.69, 9.17) is 40.1 Å². The van der Waals surface area contributed by atoms with Crippen LogP contribution >= 0.6 is 0 Å². The number of unbranched alkanes of at least 4 members (excludes halogenated alkanes) is 2. The van der Waals surface area contributed by atoms with Gasteiger partial charge < -0.3 is 82.5 Å². The lowest BCUT2D eigenvalue weighted by Crippen LogP contribution is -2.62. The largest absolute Gasteiger partial charge is 0.480 e. The molecule has 7 amide bonds. The van der Waals surface area contributed by atoms with Crippen LogP contribution in [0.1, 0.15) is 145 Å². The number of nitrogens with two attached hydrogens (primary N) is 7. The Bertz CT molecular complexity index is 1780. The van der Waals surface area contributed by atoms with Crippen LogP contribution in [0.15, 0.2) is 9.98 Å². The first-order chi connectivity index (χ1) is 34.4. The van der Waals surface area contributed by atoms with Gasteiger partial charge in [-0.1, -0.05) is 81.1 Å². The van der Waals surface area contributed by atoms with Crippen LogP contribution in [0.3, 0.4) is 0 Å². The molecular formula is C48H94N16O9. The third-order valence-corrected chi connectivity index (χ3v) is 13.2. The van der Waals surface area contributed by atoms with Crippen LogP contribution < -0.4 is 77.4 Å². The Labute approximate surface area is 432 Å². The average Bonchev–Trinajstić information content (AvgIpc) is 3.35. The minimum atomic E-state index is -1.28. The van der Waals surface area contributed by atoms with Gasteiger partial charge in [0.25, 0.3) is 0 Å². The quantitative estimate of drug-likeness (QED) is 0.0186. The summed E-state index contributed by atoms with van der Waals surface area (Å²) < 4.78 is 0. The van der Waals surface area contributed by atoms with Gasteiger partial charge in [0.15, 0.2) is 11.9 Å². The zero-order chi connectivity index (χ0) is 55.8. The lowest BCUT2D eigenvalue weighted by molar-refractivity contribution is -0.143. The summed E-state index contributed by atoms with van der Waals surface area (Å²) in [7, 11) is 0. The van der Waals surface area contributed by atoms with Crippen molar-refractivity contribution in [1.29, 1.82) is 0 Å². The van der Waals surface area contributed by atoms with Crippen LogP contribution in [0.5, 0.6) is 0 Å². The molecule has 0 aromatic heterocycles. The summed E-state index contributed by atoms with van der Waals surface area (Å²) in [6.45, 7) is 15.2. The highest BCUT2D eigenvalue weighted by atomic mass is 16.4. The molecule has 25 nitrogen and oxygen atoms in total. The van der Waals surface area contributed by atoms with Gasteiger partial charge in [-0.2, -0.15) is 0 Å². The predicted molar refractivity (Wildman–Crippen MR) is 283 cm³/mol. The van der Waals surface area contributed by atoms with Crippen molar-refractivity contribution in [2.24, 2.45) is 73.8 Å². The lowest BCUT2D eigenvalue weighted by Gasteiger charge is -2.31. The summed E-state index contributed by atoms with van der Waals surface area (Å²) >= 11 is 0. The van der Waals surface area contributed by atoms with Crippen LogP contribution in [-0.2, 0) is 38.4 Å². The topological polar surface area (TPSA) is 448 Å². The van der Waals surface area contributed by atoms with Crippen LogP contribution in [-0.4, -0.2) is 139 Å². The molecule has 0 rings (SSSR count). The van der Waals surface area contributed by atoms with E-state index in [2.05, 4.69) is 47.2 Å². The lowest BCUT2D eigenvalue weighted by atomic mass is 9.95. The van der Waals surface area contributed by atoms with E-state index in [0.29, 0.717) is 70.9 Å². The Balaban J connectivity index is 6.88. The molecular weight excluding hydrogens is 945 g/mol. The van der Waals surface area contributed by atoms with Crippen molar-refractivity contribution in [2.45, 2.75) is 194 Å². The molecule has 0 unspecified atom stereocenters. The van der Waals surface area contributed by atoms with Crippen LogP contribution in [0.2, 0.25) is 0 Å². The zero-order valence-electron chi connectivity index (χ0n) is 44.8. The Morgan fingerprint density at radius 1 is 0.411 bits per heavy atom. The number of amides is 7. The first-order valence-electron chi connectivity index (χ1n) is 26.1. The molecule has 0 aromatic carbocycles. The molecule has 0 heterocycles. The molecule has 22 N–H and O–H groups in total. The molecule has 0 fully saturated rings. The second kappa shape index (κ2) is 37.0. The van der Waals surface area contributed by atoms with Gasteiger partial charge >= 0.3 is 5.97 Å². The van der Waals surface area contributed by atoms with Crippen molar-refractivity contribution in [3.05, 3.63) is 0 Å². The number of carbonyl (C=O) groups excluding carboxylic acids is 7. The number of hydrogen-bond donors (Lipinski definition) is 15. The number of hydrogen-bond acceptors (Lipinski definition) is 13. The minimum Gasteiger partial charge on any atom is -0.480 e. The molecule has 0 aliphatic heterocycles.